The first-order valence-electron chi connectivity index (χ1n) is 7.01. The summed E-state index contributed by atoms with van der Waals surface area (Å²) in [6, 6.07) is 3.90. The third kappa shape index (κ3) is 2.64. The lowest BCUT2D eigenvalue weighted by Gasteiger charge is -2.16. The molecule has 0 fully saturated rings. The number of hydrogen-bond donors (Lipinski definition) is 0. The lowest BCUT2D eigenvalue weighted by Crippen LogP contribution is -2.36. The van der Waals surface area contributed by atoms with Crippen LogP contribution in [0.25, 0.3) is 10.8 Å². The highest BCUT2D eigenvalue weighted by atomic mass is 32.1. The van der Waals surface area contributed by atoms with Crippen molar-refractivity contribution >= 4 is 11.3 Å². The van der Waals surface area contributed by atoms with Crippen LogP contribution in [0.1, 0.15) is 32.3 Å². The zero-order valence-electron chi connectivity index (χ0n) is 13.0. The summed E-state index contributed by atoms with van der Waals surface area (Å²) >= 11 is 1.57. The van der Waals surface area contributed by atoms with Crippen molar-refractivity contribution in [3.05, 3.63) is 45.8 Å². The molecular weight excluding hydrogens is 300 g/mol. The highest BCUT2D eigenvalue weighted by Crippen LogP contribution is 2.23. The first-order valence-corrected chi connectivity index (χ1v) is 7.89. The Morgan fingerprint density at radius 2 is 2.14 bits per heavy atom. The number of aromatic nitrogens is 4. The van der Waals surface area contributed by atoms with Gasteiger partial charge in [-0.15, -0.1) is 11.3 Å². The molecule has 0 spiro atoms. The Morgan fingerprint density at radius 1 is 1.36 bits per heavy atom. The standard InChI is InChI=1S/C15H18N4O2S/c1-10-17-19(15(2,3)4)14(20)18(10)8-11-9-21-13(16-11)12-6-5-7-22-12/h5-7,9H,8H2,1-4H3. The molecule has 0 bridgehead atoms. The molecule has 3 rings (SSSR count). The van der Waals surface area contributed by atoms with Crippen LogP contribution in [0.2, 0.25) is 0 Å². The molecule has 0 aromatic carbocycles. The van der Waals surface area contributed by atoms with E-state index >= 15 is 0 Å². The third-order valence-corrected chi connectivity index (χ3v) is 4.14. The van der Waals surface area contributed by atoms with Crippen LogP contribution in [0.15, 0.2) is 33.0 Å². The Balaban J connectivity index is 1.91. The number of hydrogen-bond acceptors (Lipinski definition) is 5. The van der Waals surface area contributed by atoms with Gasteiger partial charge in [0.2, 0.25) is 5.89 Å². The van der Waals surface area contributed by atoms with Crippen molar-refractivity contribution in [3.8, 4) is 10.8 Å². The van der Waals surface area contributed by atoms with E-state index in [1.54, 1.807) is 22.2 Å². The van der Waals surface area contributed by atoms with Gasteiger partial charge in [0.15, 0.2) is 0 Å². The van der Waals surface area contributed by atoms with Crippen molar-refractivity contribution in [1.29, 1.82) is 0 Å². The summed E-state index contributed by atoms with van der Waals surface area (Å²) in [6.07, 6.45) is 1.59. The monoisotopic (exact) mass is 318 g/mol. The minimum Gasteiger partial charge on any atom is -0.443 e. The molecule has 22 heavy (non-hydrogen) atoms. The van der Waals surface area contributed by atoms with Crippen LogP contribution in [0.3, 0.4) is 0 Å². The normalized spacial score (nSPS) is 12.0. The number of thiophene rings is 1. The molecule has 0 aliphatic heterocycles. The molecule has 3 aromatic heterocycles. The van der Waals surface area contributed by atoms with E-state index in [2.05, 4.69) is 10.1 Å². The predicted molar refractivity (Wildman–Crippen MR) is 85.1 cm³/mol. The SMILES string of the molecule is Cc1nn(C(C)(C)C)c(=O)n1Cc1coc(-c2cccs2)n1. The van der Waals surface area contributed by atoms with Gasteiger partial charge in [-0.05, 0) is 39.1 Å². The van der Waals surface area contributed by atoms with E-state index in [4.69, 9.17) is 4.42 Å². The lowest BCUT2D eigenvalue weighted by molar-refractivity contribution is 0.340. The Morgan fingerprint density at radius 3 is 2.73 bits per heavy atom. The van der Waals surface area contributed by atoms with Gasteiger partial charge in [0.05, 0.1) is 22.7 Å². The van der Waals surface area contributed by atoms with Crippen molar-refractivity contribution < 1.29 is 4.42 Å². The predicted octanol–water partition coefficient (Wildman–Crippen LogP) is 2.87. The first-order chi connectivity index (χ1) is 10.4. The van der Waals surface area contributed by atoms with Gasteiger partial charge in [-0.3, -0.25) is 4.57 Å². The van der Waals surface area contributed by atoms with Gasteiger partial charge in [-0.2, -0.15) is 5.10 Å². The zero-order valence-corrected chi connectivity index (χ0v) is 13.8. The van der Waals surface area contributed by atoms with Gasteiger partial charge >= 0.3 is 5.69 Å². The van der Waals surface area contributed by atoms with Gasteiger partial charge in [-0.25, -0.2) is 14.5 Å². The zero-order chi connectivity index (χ0) is 15.9. The Labute approximate surface area is 132 Å². The highest BCUT2D eigenvalue weighted by molar-refractivity contribution is 7.13. The minimum atomic E-state index is -0.348. The van der Waals surface area contributed by atoms with Crippen molar-refractivity contribution in [2.24, 2.45) is 0 Å². The fourth-order valence-corrected chi connectivity index (χ4v) is 2.82. The molecule has 0 saturated carbocycles. The lowest BCUT2D eigenvalue weighted by atomic mass is 10.1. The fourth-order valence-electron chi connectivity index (χ4n) is 2.17. The summed E-state index contributed by atoms with van der Waals surface area (Å²) < 4.78 is 8.61. The largest absolute Gasteiger partial charge is 0.443 e. The summed E-state index contributed by atoms with van der Waals surface area (Å²) in [7, 11) is 0. The van der Waals surface area contributed by atoms with Crippen molar-refractivity contribution in [1.82, 2.24) is 19.3 Å². The summed E-state index contributed by atoms with van der Waals surface area (Å²) in [4.78, 5) is 17.9. The molecule has 0 radical (unpaired) electrons. The molecule has 3 heterocycles. The Kier molecular flexibility index (Phi) is 3.52. The van der Waals surface area contributed by atoms with E-state index in [1.165, 1.54) is 4.68 Å². The van der Waals surface area contributed by atoms with Crippen LogP contribution >= 0.6 is 11.3 Å². The minimum absolute atomic E-state index is 0.134. The van der Waals surface area contributed by atoms with Crippen molar-refractivity contribution in [2.45, 2.75) is 39.8 Å². The molecule has 116 valence electrons. The van der Waals surface area contributed by atoms with Gasteiger partial charge in [0, 0.05) is 0 Å². The van der Waals surface area contributed by atoms with Gasteiger partial charge in [0.1, 0.15) is 12.1 Å². The second-order valence-corrected chi connectivity index (χ2v) is 7.07. The maximum absolute atomic E-state index is 12.5. The molecular formula is C15H18N4O2S. The number of aryl methyl sites for hydroxylation is 1. The van der Waals surface area contributed by atoms with Crippen LogP contribution in [0, 0.1) is 6.92 Å². The van der Waals surface area contributed by atoms with Crippen molar-refractivity contribution in [2.75, 3.05) is 0 Å². The summed E-state index contributed by atoms with van der Waals surface area (Å²) in [5.41, 5.74) is 0.228. The summed E-state index contributed by atoms with van der Waals surface area (Å²) in [5.74, 6) is 1.25. The number of rotatable bonds is 3. The van der Waals surface area contributed by atoms with Crippen LogP contribution < -0.4 is 5.69 Å². The molecule has 0 N–H and O–H groups in total. The maximum atomic E-state index is 12.5. The number of nitrogens with zero attached hydrogens (tertiary/aromatic N) is 4. The van der Waals surface area contributed by atoms with Gasteiger partial charge in [0.25, 0.3) is 0 Å². The average Bonchev–Trinajstić information content (AvgIpc) is 3.13. The molecule has 0 unspecified atom stereocenters. The van der Waals surface area contributed by atoms with Crippen LogP contribution in [0.5, 0.6) is 0 Å². The van der Waals surface area contributed by atoms with Crippen LogP contribution in [0.4, 0.5) is 0 Å². The fraction of sp³-hybridized carbons (Fsp3) is 0.400. The molecule has 0 atom stereocenters. The molecule has 3 aromatic rings. The summed E-state index contributed by atoms with van der Waals surface area (Å²) in [5, 5.41) is 6.32. The van der Waals surface area contributed by atoms with Crippen molar-refractivity contribution in [3.63, 3.8) is 0 Å². The van der Waals surface area contributed by atoms with Crippen LogP contribution in [-0.4, -0.2) is 19.3 Å². The maximum Gasteiger partial charge on any atom is 0.346 e. The quantitative estimate of drug-likeness (QED) is 0.745. The van der Waals surface area contributed by atoms with Gasteiger partial charge < -0.3 is 4.42 Å². The average molecular weight is 318 g/mol. The molecule has 0 saturated heterocycles. The third-order valence-electron chi connectivity index (χ3n) is 3.29. The van der Waals surface area contributed by atoms with E-state index in [1.807, 2.05) is 45.2 Å². The van der Waals surface area contributed by atoms with Crippen LogP contribution in [-0.2, 0) is 12.1 Å². The van der Waals surface area contributed by atoms with E-state index in [0.717, 1.165) is 4.88 Å². The topological polar surface area (TPSA) is 65.8 Å². The smallest absolute Gasteiger partial charge is 0.346 e. The molecule has 0 aliphatic rings. The van der Waals surface area contributed by atoms with E-state index < -0.39 is 0 Å². The second kappa shape index (κ2) is 5.24. The van der Waals surface area contributed by atoms with E-state index in [-0.39, 0.29) is 11.2 Å². The molecule has 7 heteroatoms. The molecule has 6 nitrogen and oxygen atoms in total. The number of oxazole rings is 1. The highest BCUT2D eigenvalue weighted by Gasteiger charge is 2.21. The van der Waals surface area contributed by atoms with Gasteiger partial charge in [-0.1, -0.05) is 6.07 Å². The van der Waals surface area contributed by atoms with E-state index in [9.17, 15) is 4.79 Å². The Bertz CT molecular complexity index is 834. The molecule has 0 amide bonds. The van der Waals surface area contributed by atoms with E-state index in [0.29, 0.717) is 24.0 Å². The summed E-state index contributed by atoms with van der Waals surface area (Å²) in [6.45, 7) is 8.04. The first kappa shape index (κ1) is 14.8. The Hall–Kier alpha value is -2.15. The molecule has 0 aliphatic carbocycles. The second-order valence-electron chi connectivity index (χ2n) is 6.12.